The number of rotatable bonds is 0. The monoisotopic (exact) mass is 1390 g/mol. The third-order valence-corrected chi connectivity index (χ3v) is 4.51. The Bertz CT molecular complexity index is 624. The number of sulfone groups is 1. The first-order valence-corrected chi connectivity index (χ1v) is 9.13. The molecule has 2 aromatic rings. The van der Waals surface area contributed by atoms with Crippen molar-refractivity contribution in [2.24, 2.45) is 0 Å². The van der Waals surface area contributed by atoms with E-state index < -0.39 is 9.84 Å². The average molecular weight is 1390 g/mol. The van der Waals surface area contributed by atoms with E-state index in [4.69, 9.17) is 0 Å². The Morgan fingerprint density at radius 2 is 0.588 bits per heavy atom. The zero-order valence-electron chi connectivity index (χ0n) is 21.8. The molecule has 1 heterocycles. The van der Waals surface area contributed by atoms with Crippen molar-refractivity contribution in [3.63, 3.8) is 0 Å². The molecule has 2 aromatic carbocycles. The second-order valence-electron chi connectivity index (χ2n) is 3.50. The maximum atomic E-state index is 12.1. The molecule has 12 radical (unpaired) electrons. The molecular weight excluding hydrogens is 1360 g/mol. The summed E-state index contributed by atoms with van der Waals surface area (Å²) in [7, 11) is -3.26. The maximum Gasteiger partial charge on any atom is 0.207 e. The van der Waals surface area contributed by atoms with Gasteiger partial charge in [-0.2, -0.15) is 0 Å². The molecule has 0 aromatic heterocycles. The van der Waals surface area contributed by atoms with Crippen LogP contribution in [0, 0.1) is 7.43 Å². The topological polar surface area (TPSA) is 34.1 Å². The molecule has 1 aliphatic rings. The summed E-state index contributed by atoms with van der Waals surface area (Å²) < 4.78 is 24.2. The van der Waals surface area contributed by atoms with E-state index in [9.17, 15) is 8.42 Å². The van der Waals surface area contributed by atoms with Gasteiger partial charge in [0.25, 0.3) is 0 Å². The van der Waals surface area contributed by atoms with Crippen LogP contribution in [-0.4, -0.2) is 8.42 Å². The van der Waals surface area contributed by atoms with Crippen molar-refractivity contribution < 1.29 is 401 Å². The second-order valence-corrected chi connectivity index (χ2v) is 5.38. The standard InChI is InChI=1S/C12H8O2S.3C2H6.CH3.12Y/c13-15(14)11-7-3-1-5-9(11)10-6-2-4-8-12(10)15;3*1-2;;;;;;;;;;;;;/h1-8H;3*1-2H3;1H3;;;;;;;;;;;;/q;;;;-1;;;;;;;;;;;;. The summed E-state index contributed by atoms with van der Waals surface area (Å²) in [5.74, 6) is 0. The smallest absolute Gasteiger partial charge is 0.207 e. The van der Waals surface area contributed by atoms with Gasteiger partial charge in [0.1, 0.15) is 0 Å². The zero-order chi connectivity index (χ0) is 16.5. The summed E-state index contributed by atoms with van der Waals surface area (Å²) in [4.78, 5) is 0.845. The molecule has 0 bridgehead atoms. The van der Waals surface area contributed by atoms with Crippen molar-refractivity contribution in [1.82, 2.24) is 0 Å². The molecule has 15 heteroatoms. The Balaban J connectivity index is -0.0000000165. The molecule has 0 atom stereocenters. The third-order valence-electron chi connectivity index (χ3n) is 2.64. The number of benzene rings is 2. The van der Waals surface area contributed by atoms with Crippen LogP contribution < -0.4 is 0 Å². The van der Waals surface area contributed by atoms with Crippen LogP contribution in [0.2, 0.25) is 0 Å². The van der Waals surface area contributed by atoms with Crippen LogP contribution in [0.5, 0.6) is 0 Å². The van der Waals surface area contributed by atoms with Crippen LogP contribution in [-0.2, 0) is 402 Å². The first kappa shape index (κ1) is 90.8. The molecular formula is C19H29O2SY12-. The molecule has 0 saturated carbocycles. The summed E-state index contributed by atoms with van der Waals surface area (Å²) in [6.45, 7) is 12.0. The van der Waals surface area contributed by atoms with Crippen molar-refractivity contribution >= 4 is 9.84 Å². The van der Waals surface area contributed by atoms with E-state index in [1.165, 1.54) is 0 Å². The quantitative estimate of drug-likeness (QED) is 0.260. The van der Waals surface area contributed by atoms with E-state index in [-0.39, 0.29) is 400 Å². The van der Waals surface area contributed by atoms with Gasteiger partial charge >= 0.3 is 0 Å². The molecule has 0 amide bonds. The molecule has 0 spiro atoms. The summed E-state index contributed by atoms with van der Waals surface area (Å²) in [6.07, 6.45) is 0. The number of fused-ring (bicyclic) bond motifs is 3. The Morgan fingerprint density at radius 3 is 0.794 bits per heavy atom. The minimum absolute atomic E-state index is 0. The SMILES string of the molecule is CC.CC.CC.O=S1(=O)c2ccccc2-c2ccccc21.[CH3-].[Y].[Y].[Y].[Y].[Y].[Y].[Y].[Y].[Y].[Y].[Y].[Y]. The molecule has 0 unspecified atom stereocenters. The minimum Gasteiger partial charge on any atom is -0.358 e. The van der Waals surface area contributed by atoms with E-state index in [1.807, 2.05) is 65.8 Å². The summed E-state index contributed by atoms with van der Waals surface area (Å²) >= 11 is 0. The minimum atomic E-state index is -3.26. The van der Waals surface area contributed by atoms with Gasteiger partial charge in [-0.15, -0.1) is 0 Å². The fraction of sp³-hybridized carbons (Fsp3) is 0.316. The van der Waals surface area contributed by atoms with Crippen LogP contribution in [0.1, 0.15) is 41.5 Å². The van der Waals surface area contributed by atoms with E-state index in [2.05, 4.69) is 0 Å². The van der Waals surface area contributed by atoms with Crippen molar-refractivity contribution in [2.75, 3.05) is 0 Å². The average Bonchev–Trinajstić information content (AvgIpc) is 2.82. The Hall–Kier alpha value is 11.6. The van der Waals surface area contributed by atoms with Gasteiger partial charge in [-0.05, 0) is 12.1 Å². The van der Waals surface area contributed by atoms with Gasteiger partial charge < -0.3 is 7.43 Å². The van der Waals surface area contributed by atoms with Crippen LogP contribution in [0.15, 0.2) is 58.3 Å². The summed E-state index contributed by atoms with van der Waals surface area (Å²) in [5.41, 5.74) is 1.63. The summed E-state index contributed by atoms with van der Waals surface area (Å²) in [6, 6.07) is 14.2. The molecule has 0 N–H and O–H groups in total. The van der Waals surface area contributed by atoms with Gasteiger partial charge in [0.15, 0.2) is 0 Å². The molecule has 0 aliphatic carbocycles. The normalized spacial score (nSPS) is 7.47. The van der Waals surface area contributed by atoms with Gasteiger partial charge in [0, 0.05) is 404 Å². The van der Waals surface area contributed by atoms with Crippen molar-refractivity contribution in [1.29, 1.82) is 0 Å². The molecule has 0 saturated heterocycles. The van der Waals surface area contributed by atoms with Gasteiger partial charge in [-0.3, -0.25) is 0 Å². The van der Waals surface area contributed by atoms with Crippen molar-refractivity contribution in [2.45, 2.75) is 51.3 Å². The molecule has 3 rings (SSSR count). The van der Waals surface area contributed by atoms with Gasteiger partial charge in [0.2, 0.25) is 9.84 Å². The fourth-order valence-electron chi connectivity index (χ4n) is 1.97. The van der Waals surface area contributed by atoms with E-state index in [0.717, 1.165) is 11.1 Å². The largest absolute Gasteiger partial charge is 0.358 e. The summed E-state index contributed by atoms with van der Waals surface area (Å²) in [5, 5.41) is 0. The van der Waals surface area contributed by atoms with Crippen LogP contribution in [0.25, 0.3) is 11.1 Å². The second kappa shape index (κ2) is 60.0. The van der Waals surface area contributed by atoms with Crippen LogP contribution >= 0.6 is 0 Å². The molecule has 2 nitrogen and oxygen atoms in total. The van der Waals surface area contributed by atoms with Crippen molar-refractivity contribution in [3.8, 4) is 11.1 Å². The van der Waals surface area contributed by atoms with E-state index in [1.54, 1.807) is 24.3 Å². The van der Waals surface area contributed by atoms with Gasteiger partial charge in [-0.1, -0.05) is 77.9 Å². The predicted molar refractivity (Wildman–Crippen MR) is 97.8 cm³/mol. The van der Waals surface area contributed by atoms with Gasteiger partial charge in [0.05, 0.1) is 9.79 Å². The first-order chi connectivity index (χ1) is 10.2. The fourth-order valence-corrected chi connectivity index (χ4v) is 3.65. The van der Waals surface area contributed by atoms with E-state index >= 15 is 0 Å². The van der Waals surface area contributed by atoms with E-state index in [0.29, 0.717) is 9.79 Å². The molecule has 1 aliphatic heterocycles. The number of hydrogen-bond donors (Lipinski definition) is 0. The van der Waals surface area contributed by atoms with Crippen LogP contribution in [0.4, 0.5) is 0 Å². The third kappa shape index (κ3) is 32.2. The zero-order valence-corrected chi connectivity index (χ0v) is 56.6. The molecule has 0 fully saturated rings. The van der Waals surface area contributed by atoms with Crippen molar-refractivity contribution in [3.05, 3.63) is 56.0 Å². The Labute approximate surface area is 513 Å². The maximum absolute atomic E-state index is 12.1. The first-order valence-electron chi connectivity index (χ1n) is 7.65. The van der Waals surface area contributed by atoms with Crippen LogP contribution in [0.3, 0.4) is 0 Å². The molecule has 34 heavy (non-hydrogen) atoms. The Morgan fingerprint density at radius 1 is 0.412 bits per heavy atom. The Kier molecular flexibility index (Phi) is 160. The predicted octanol–water partition coefficient (Wildman–Crippen LogP) is 6.00. The van der Waals surface area contributed by atoms with Gasteiger partial charge in [-0.25, -0.2) is 8.42 Å². The number of hydrogen-bond acceptors (Lipinski definition) is 2. The molecule has 160 valence electrons.